The third kappa shape index (κ3) is 2.14. The number of hydrogen-bond donors (Lipinski definition) is 2. The maximum absolute atomic E-state index is 9.63. The van der Waals surface area contributed by atoms with Gasteiger partial charge in [-0.15, -0.1) is 0 Å². The van der Waals surface area contributed by atoms with Crippen molar-refractivity contribution in [2.45, 2.75) is 6.42 Å². The molecule has 0 aliphatic carbocycles. The second-order valence-electron chi connectivity index (χ2n) is 2.56. The van der Waals surface area contributed by atoms with Gasteiger partial charge in [0, 0.05) is 12.2 Å². The summed E-state index contributed by atoms with van der Waals surface area (Å²) in [6.07, 6.45) is 0.426. The molecule has 0 aliphatic rings. The maximum Gasteiger partial charge on any atom is 0.174 e. The van der Waals surface area contributed by atoms with E-state index < -0.39 is 0 Å². The Labute approximate surface area is 85.1 Å². The minimum Gasteiger partial charge on any atom is -0.504 e. The van der Waals surface area contributed by atoms with Gasteiger partial charge in [0.1, 0.15) is 0 Å². The summed E-state index contributed by atoms with van der Waals surface area (Å²) < 4.78 is 5.69. The summed E-state index contributed by atoms with van der Waals surface area (Å²) in [6, 6.07) is 3.53. The van der Waals surface area contributed by atoms with Crippen LogP contribution in [0.25, 0.3) is 0 Å². The van der Waals surface area contributed by atoms with Gasteiger partial charge in [-0.2, -0.15) is 0 Å². The van der Waals surface area contributed by atoms with Crippen LogP contribution in [-0.2, 0) is 6.42 Å². The summed E-state index contributed by atoms with van der Waals surface area (Å²) in [5.74, 6) is 0.497. The van der Waals surface area contributed by atoms with Gasteiger partial charge in [0.05, 0.1) is 11.6 Å². The van der Waals surface area contributed by atoms with E-state index in [1.54, 1.807) is 12.1 Å². The van der Waals surface area contributed by atoms with E-state index in [2.05, 4.69) is 15.9 Å². The Kier molecular flexibility index (Phi) is 3.57. The van der Waals surface area contributed by atoms with Gasteiger partial charge in [0.25, 0.3) is 0 Å². The number of aliphatic hydroxyl groups excluding tert-OH is 1. The van der Waals surface area contributed by atoms with Gasteiger partial charge in [-0.1, -0.05) is 6.07 Å². The number of phenols is 1. The molecule has 1 rings (SSSR count). The van der Waals surface area contributed by atoms with Crippen molar-refractivity contribution in [3.63, 3.8) is 0 Å². The molecule has 1 aromatic rings. The fourth-order valence-electron chi connectivity index (χ4n) is 1.10. The lowest BCUT2D eigenvalue weighted by atomic mass is 10.1. The summed E-state index contributed by atoms with van der Waals surface area (Å²) in [4.78, 5) is 0. The molecule has 13 heavy (non-hydrogen) atoms. The van der Waals surface area contributed by atoms with Crippen LogP contribution in [0.5, 0.6) is 11.5 Å². The number of phenolic OH excluding ortho intramolecular Hbond substituents is 1. The fraction of sp³-hybridized carbons (Fsp3) is 0.333. The molecule has 4 heteroatoms. The molecule has 0 fully saturated rings. The van der Waals surface area contributed by atoms with Crippen LogP contribution < -0.4 is 4.74 Å². The lowest BCUT2D eigenvalue weighted by molar-refractivity contribution is 0.296. The third-order valence-electron chi connectivity index (χ3n) is 1.75. The van der Waals surface area contributed by atoms with E-state index in [0.717, 1.165) is 0 Å². The van der Waals surface area contributed by atoms with Crippen LogP contribution in [0.3, 0.4) is 0 Å². The van der Waals surface area contributed by atoms with E-state index in [1.165, 1.54) is 7.11 Å². The second-order valence-corrected chi connectivity index (χ2v) is 3.42. The maximum atomic E-state index is 9.63. The van der Waals surface area contributed by atoms with Crippen LogP contribution in [0.2, 0.25) is 0 Å². The molecule has 72 valence electrons. The molecular weight excluding hydrogens is 236 g/mol. The van der Waals surface area contributed by atoms with Gasteiger partial charge in [0.15, 0.2) is 11.5 Å². The molecule has 0 aromatic heterocycles. The molecule has 0 amide bonds. The quantitative estimate of drug-likeness (QED) is 0.854. The number of halogens is 1. The Morgan fingerprint density at radius 3 is 2.69 bits per heavy atom. The predicted octanol–water partition coefficient (Wildman–Crippen LogP) is 1.70. The van der Waals surface area contributed by atoms with Gasteiger partial charge in [0.2, 0.25) is 0 Å². The van der Waals surface area contributed by atoms with Gasteiger partial charge < -0.3 is 14.9 Å². The van der Waals surface area contributed by atoms with Crippen LogP contribution in [0.15, 0.2) is 16.6 Å². The Morgan fingerprint density at radius 1 is 1.46 bits per heavy atom. The number of ether oxygens (including phenoxy) is 1. The first kappa shape index (κ1) is 10.3. The van der Waals surface area contributed by atoms with E-state index in [9.17, 15) is 5.11 Å². The van der Waals surface area contributed by atoms with E-state index in [-0.39, 0.29) is 12.4 Å². The molecule has 0 spiro atoms. The zero-order chi connectivity index (χ0) is 9.84. The van der Waals surface area contributed by atoms with E-state index in [0.29, 0.717) is 22.2 Å². The molecule has 0 heterocycles. The molecule has 3 nitrogen and oxygen atoms in total. The SMILES string of the molecule is COc1c(Br)ccc(CCO)c1O. The van der Waals surface area contributed by atoms with Crippen LogP contribution in [0.4, 0.5) is 0 Å². The predicted molar refractivity (Wildman–Crippen MR) is 53.1 cm³/mol. The monoisotopic (exact) mass is 246 g/mol. The average Bonchev–Trinajstić information content (AvgIpc) is 2.11. The van der Waals surface area contributed by atoms with Crippen LogP contribution in [0.1, 0.15) is 5.56 Å². The summed E-state index contributed by atoms with van der Waals surface area (Å²) in [5.41, 5.74) is 0.683. The molecule has 0 radical (unpaired) electrons. The van der Waals surface area contributed by atoms with E-state index in [1.807, 2.05) is 0 Å². The van der Waals surface area contributed by atoms with Crippen LogP contribution in [-0.4, -0.2) is 23.9 Å². The normalized spacial score (nSPS) is 10.1. The summed E-state index contributed by atoms with van der Waals surface area (Å²) in [7, 11) is 1.49. The summed E-state index contributed by atoms with van der Waals surface area (Å²) in [6.45, 7) is 0.0122. The van der Waals surface area contributed by atoms with Crippen molar-refractivity contribution in [2.24, 2.45) is 0 Å². The minimum absolute atomic E-state index is 0.0122. The largest absolute Gasteiger partial charge is 0.504 e. The molecule has 1 aromatic carbocycles. The number of benzene rings is 1. The van der Waals surface area contributed by atoms with Crippen molar-refractivity contribution < 1.29 is 14.9 Å². The van der Waals surface area contributed by atoms with Crippen molar-refractivity contribution in [2.75, 3.05) is 13.7 Å². The first-order valence-electron chi connectivity index (χ1n) is 3.86. The second kappa shape index (κ2) is 4.48. The molecule has 0 atom stereocenters. The number of aromatic hydroxyl groups is 1. The standard InChI is InChI=1S/C9H11BrO3/c1-13-9-7(10)3-2-6(4-5-11)8(9)12/h2-3,11-12H,4-5H2,1H3. The van der Waals surface area contributed by atoms with Crippen molar-refractivity contribution >= 4 is 15.9 Å². The first-order valence-corrected chi connectivity index (χ1v) is 4.65. The number of aliphatic hydroxyl groups is 1. The molecule has 0 aliphatic heterocycles. The van der Waals surface area contributed by atoms with Gasteiger partial charge in [-0.25, -0.2) is 0 Å². The van der Waals surface area contributed by atoms with Crippen molar-refractivity contribution in [3.8, 4) is 11.5 Å². The first-order chi connectivity index (χ1) is 6.20. The number of methoxy groups -OCH3 is 1. The Hall–Kier alpha value is -0.740. The Morgan fingerprint density at radius 2 is 2.15 bits per heavy atom. The molecule has 0 unspecified atom stereocenters. The number of hydrogen-bond acceptors (Lipinski definition) is 3. The van der Waals surface area contributed by atoms with Crippen LogP contribution in [0, 0.1) is 0 Å². The Bertz CT molecular complexity index is 299. The molecular formula is C9H11BrO3. The highest BCUT2D eigenvalue weighted by Gasteiger charge is 2.10. The number of rotatable bonds is 3. The molecule has 0 saturated heterocycles. The lowest BCUT2D eigenvalue weighted by Crippen LogP contribution is -1.94. The van der Waals surface area contributed by atoms with Crippen LogP contribution >= 0.6 is 15.9 Å². The van der Waals surface area contributed by atoms with Crippen molar-refractivity contribution in [1.82, 2.24) is 0 Å². The van der Waals surface area contributed by atoms with E-state index >= 15 is 0 Å². The third-order valence-corrected chi connectivity index (χ3v) is 2.38. The molecule has 0 saturated carbocycles. The van der Waals surface area contributed by atoms with Gasteiger partial charge in [-0.3, -0.25) is 0 Å². The highest BCUT2D eigenvalue weighted by molar-refractivity contribution is 9.10. The van der Waals surface area contributed by atoms with Gasteiger partial charge in [-0.05, 0) is 28.4 Å². The summed E-state index contributed by atoms with van der Waals surface area (Å²) >= 11 is 3.25. The lowest BCUT2D eigenvalue weighted by Gasteiger charge is -2.09. The van der Waals surface area contributed by atoms with Gasteiger partial charge >= 0.3 is 0 Å². The summed E-state index contributed by atoms with van der Waals surface area (Å²) in [5, 5.41) is 18.3. The Balaban J connectivity index is 3.11. The smallest absolute Gasteiger partial charge is 0.174 e. The van der Waals surface area contributed by atoms with E-state index in [4.69, 9.17) is 9.84 Å². The zero-order valence-corrected chi connectivity index (χ0v) is 8.84. The molecule has 0 bridgehead atoms. The highest BCUT2D eigenvalue weighted by atomic mass is 79.9. The van der Waals surface area contributed by atoms with Crippen molar-refractivity contribution in [3.05, 3.63) is 22.2 Å². The molecule has 2 N–H and O–H groups in total. The average molecular weight is 247 g/mol. The highest BCUT2D eigenvalue weighted by Crippen LogP contribution is 2.36. The fourth-order valence-corrected chi connectivity index (χ4v) is 1.59. The minimum atomic E-state index is 0.0122. The topological polar surface area (TPSA) is 49.7 Å². The zero-order valence-electron chi connectivity index (χ0n) is 7.25. The van der Waals surface area contributed by atoms with Crippen molar-refractivity contribution in [1.29, 1.82) is 0 Å².